The number of hydrogen-bond donors (Lipinski definition) is 0. The van der Waals surface area contributed by atoms with Gasteiger partial charge in [-0.3, -0.25) is 0 Å². The van der Waals surface area contributed by atoms with E-state index in [0.29, 0.717) is 5.56 Å². The third-order valence-corrected chi connectivity index (χ3v) is 4.98. The number of pyridine rings is 1. The number of alkyl halides is 2. The predicted octanol–water partition coefficient (Wildman–Crippen LogP) is 3.73. The van der Waals surface area contributed by atoms with E-state index in [2.05, 4.69) is 4.98 Å². The standard InChI is InChI=1S/C22H34F2N2O7/c1-21(2,3)33-20(27)26-8-7-22(23,24)17(11-26)15-9-16(19(30-6)25-10-15)18(32-14-29-5)12-31-13-28-4/h9-10,17-18H,7-8,11-14H2,1-6H3. The van der Waals surface area contributed by atoms with Crippen LogP contribution in [0.25, 0.3) is 0 Å². The van der Waals surface area contributed by atoms with Gasteiger partial charge in [-0.25, -0.2) is 18.6 Å². The van der Waals surface area contributed by atoms with E-state index in [1.165, 1.54) is 32.4 Å². The summed E-state index contributed by atoms with van der Waals surface area (Å²) in [4.78, 5) is 18.0. The maximum atomic E-state index is 15.0. The van der Waals surface area contributed by atoms with Crippen molar-refractivity contribution in [3.8, 4) is 5.88 Å². The molecule has 33 heavy (non-hydrogen) atoms. The van der Waals surface area contributed by atoms with Gasteiger partial charge in [0.25, 0.3) is 5.92 Å². The molecule has 0 aliphatic carbocycles. The maximum absolute atomic E-state index is 15.0. The van der Waals surface area contributed by atoms with E-state index in [0.717, 1.165) is 0 Å². The van der Waals surface area contributed by atoms with Crippen LogP contribution in [0.4, 0.5) is 13.6 Å². The largest absolute Gasteiger partial charge is 0.481 e. The van der Waals surface area contributed by atoms with Gasteiger partial charge in [0, 0.05) is 45.5 Å². The highest BCUT2D eigenvalue weighted by Gasteiger charge is 2.47. The van der Waals surface area contributed by atoms with Crippen molar-refractivity contribution in [2.24, 2.45) is 0 Å². The molecule has 0 aromatic carbocycles. The normalized spacial score (nSPS) is 19.3. The summed E-state index contributed by atoms with van der Waals surface area (Å²) in [6.45, 7) is 4.90. The Morgan fingerprint density at radius 3 is 2.55 bits per heavy atom. The van der Waals surface area contributed by atoms with Crippen molar-refractivity contribution < 1.29 is 42.0 Å². The average molecular weight is 477 g/mol. The van der Waals surface area contributed by atoms with Crippen LogP contribution >= 0.6 is 0 Å². The number of aromatic nitrogens is 1. The first-order valence-corrected chi connectivity index (χ1v) is 10.6. The van der Waals surface area contributed by atoms with Crippen LogP contribution in [0.3, 0.4) is 0 Å². The zero-order chi connectivity index (χ0) is 24.6. The number of nitrogens with zero attached hydrogens (tertiary/aromatic N) is 2. The summed E-state index contributed by atoms with van der Waals surface area (Å²) in [5.41, 5.74) is -0.0506. The molecule has 1 aliphatic heterocycles. The summed E-state index contributed by atoms with van der Waals surface area (Å²) in [5.74, 6) is -4.11. The molecule has 1 saturated heterocycles. The molecule has 11 heteroatoms. The molecule has 0 saturated carbocycles. The second kappa shape index (κ2) is 11.9. The molecule has 1 aliphatic rings. The smallest absolute Gasteiger partial charge is 0.410 e. The Balaban J connectivity index is 2.35. The SMILES string of the molecule is COCOCC(OCOC)c1cc(C2CN(C(=O)OC(C)(C)C)CCC2(F)F)cnc1OC. The van der Waals surface area contributed by atoms with Crippen molar-refractivity contribution in [2.45, 2.75) is 50.7 Å². The minimum Gasteiger partial charge on any atom is -0.481 e. The van der Waals surface area contributed by atoms with E-state index in [9.17, 15) is 13.6 Å². The fraction of sp³-hybridized carbons (Fsp3) is 0.727. The van der Waals surface area contributed by atoms with E-state index in [1.807, 2.05) is 0 Å². The molecule has 0 bridgehead atoms. The lowest BCUT2D eigenvalue weighted by Gasteiger charge is -2.39. The molecule has 1 aromatic heterocycles. The van der Waals surface area contributed by atoms with Gasteiger partial charge in [-0.05, 0) is 32.4 Å². The van der Waals surface area contributed by atoms with Crippen molar-refractivity contribution in [1.82, 2.24) is 9.88 Å². The number of amides is 1. The summed E-state index contributed by atoms with van der Waals surface area (Å²) >= 11 is 0. The molecule has 2 rings (SSSR count). The number of methoxy groups -OCH3 is 3. The minimum atomic E-state index is -3.04. The monoisotopic (exact) mass is 476 g/mol. The van der Waals surface area contributed by atoms with Crippen LogP contribution in [0.5, 0.6) is 5.88 Å². The van der Waals surface area contributed by atoms with Gasteiger partial charge in [0.05, 0.1) is 19.6 Å². The molecule has 2 atom stereocenters. The van der Waals surface area contributed by atoms with Gasteiger partial charge in [-0.15, -0.1) is 0 Å². The Morgan fingerprint density at radius 2 is 1.94 bits per heavy atom. The lowest BCUT2D eigenvalue weighted by atomic mass is 9.87. The lowest BCUT2D eigenvalue weighted by molar-refractivity contribution is -0.122. The molecule has 188 valence electrons. The van der Waals surface area contributed by atoms with E-state index in [1.54, 1.807) is 26.8 Å². The fourth-order valence-corrected chi connectivity index (χ4v) is 3.44. The number of piperidine rings is 1. The highest BCUT2D eigenvalue weighted by Crippen LogP contribution is 2.42. The Labute approximate surface area is 193 Å². The molecule has 1 aromatic rings. The van der Waals surface area contributed by atoms with Gasteiger partial charge in [-0.1, -0.05) is 0 Å². The predicted molar refractivity (Wildman–Crippen MR) is 114 cm³/mol. The molecule has 0 spiro atoms. The highest BCUT2D eigenvalue weighted by molar-refractivity contribution is 5.68. The van der Waals surface area contributed by atoms with Crippen LogP contribution in [-0.4, -0.2) is 82.1 Å². The van der Waals surface area contributed by atoms with Gasteiger partial charge >= 0.3 is 6.09 Å². The van der Waals surface area contributed by atoms with Gasteiger partial charge in [0.15, 0.2) is 0 Å². The Hall–Kier alpha value is -2.08. The summed E-state index contributed by atoms with van der Waals surface area (Å²) in [7, 11) is 4.37. The van der Waals surface area contributed by atoms with E-state index < -0.39 is 36.1 Å². The van der Waals surface area contributed by atoms with Gasteiger partial charge in [-0.2, -0.15) is 0 Å². The van der Waals surface area contributed by atoms with Crippen molar-refractivity contribution in [3.63, 3.8) is 0 Å². The number of carbonyl (C=O) groups is 1. The van der Waals surface area contributed by atoms with E-state index >= 15 is 0 Å². The van der Waals surface area contributed by atoms with Crippen molar-refractivity contribution in [2.75, 3.05) is 54.6 Å². The lowest BCUT2D eigenvalue weighted by Crippen LogP contribution is -2.49. The quantitative estimate of drug-likeness (QED) is 0.373. The molecule has 0 radical (unpaired) electrons. The maximum Gasteiger partial charge on any atom is 0.410 e. The Kier molecular flexibility index (Phi) is 9.77. The van der Waals surface area contributed by atoms with Gasteiger partial charge in [0.1, 0.15) is 25.3 Å². The Morgan fingerprint density at radius 1 is 1.24 bits per heavy atom. The zero-order valence-corrected chi connectivity index (χ0v) is 20.1. The molecule has 0 N–H and O–H groups in total. The van der Waals surface area contributed by atoms with Crippen LogP contribution in [0.2, 0.25) is 0 Å². The molecule has 9 nitrogen and oxygen atoms in total. The molecule has 1 amide bonds. The van der Waals surface area contributed by atoms with Crippen molar-refractivity contribution >= 4 is 6.09 Å². The first kappa shape index (κ1) is 27.2. The number of hydrogen-bond acceptors (Lipinski definition) is 8. The van der Waals surface area contributed by atoms with Crippen molar-refractivity contribution in [1.29, 1.82) is 0 Å². The number of carbonyl (C=O) groups excluding carboxylic acids is 1. The highest BCUT2D eigenvalue weighted by atomic mass is 19.3. The number of ether oxygens (including phenoxy) is 6. The zero-order valence-electron chi connectivity index (χ0n) is 20.1. The minimum absolute atomic E-state index is 0.0216. The second-order valence-electron chi connectivity index (χ2n) is 8.70. The van der Waals surface area contributed by atoms with Crippen LogP contribution in [-0.2, 0) is 23.7 Å². The summed E-state index contributed by atoms with van der Waals surface area (Å²) in [6.07, 6.45) is -0.484. The first-order valence-electron chi connectivity index (χ1n) is 10.6. The van der Waals surface area contributed by atoms with E-state index in [4.69, 9.17) is 28.4 Å². The molecular formula is C22H34F2N2O7. The van der Waals surface area contributed by atoms with Gasteiger partial charge < -0.3 is 33.3 Å². The summed E-state index contributed by atoms with van der Waals surface area (Å²) < 4.78 is 61.6. The fourth-order valence-electron chi connectivity index (χ4n) is 3.44. The molecule has 1 fully saturated rings. The number of likely N-dealkylation sites (tertiary alicyclic amines) is 1. The summed E-state index contributed by atoms with van der Waals surface area (Å²) in [5, 5.41) is 0. The molecule has 2 unspecified atom stereocenters. The topological polar surface area (TPSA) is 88.6 Å². The number of rotatable bonds is 10. The number of halogens is 2. The van der Waals surface area contributed by atoms with Crippen LogP contribution in [0.1, 0.15) is 50.3 Å². The first-order chi connectivity index (χ1) is 15.5. The molecule has 2 heterocycles. The third kappa shape index (κ3) is 7.73. The van der Waals surface area contributed by atoms with Gasteiger partial charge in [0.2, 0.25) is 5.88 Å². The second-order valence-corrected chi connectivity index (χ2v) is 8.70. The van der Waals surface area contributed by atoms with Crippen LogP contribution in [0.15, 0.2) is 12.3 Å². The van der Waals surface area contributed by atoms with E-state index in [-0.39, 0.29) is 44.7 Å². The average Bonchev–Trinajstić information content (AvgIpc) is 2.74. The van der Waals surface area contributed by atoms with Crippen molar-refractivity contribution in [3.05, 3.63) is 23.4 Å². The van der Waals surface area contributed by atoms with Crippen LogP contribution < -0.4 is 4.74 Å². The molecular weight excluding hydrogens is 442 g/mol. The van der Waals surface area contributed by atoms with Crippen LogP contribution in [0, 0.1) is 0 Å². The third-order valence-electron chi connectivity index (χ3n) is 4.98. The summed E-state index contributed by atoms with van der Waals surface area (Å²) in [6, 6.07) is 1.56. The Bertz CT molecular complexity index is 774.